The van der Waals surface area contributed by atoms with Crippen molar-refractivity contribution < 1.29 is 9.53 Å². The fourth-order valence-electron chi connectivity index (χ4n) is 2.81. The number of rotatable bonds is 6. The van der Waals surface area contributed by atoms with E-state index in [9.17, 15) is 4.79 Å². The minimum atomic E-state index is -0.222. The van der Waals surface area contributed by atoms with Crippen molar-refractivity contribution in [2.24, 2.45) is 12.0 Å². The lowest BCUT2D eigenvalue weighted by Crippen LogP contribution is -2.53. The zero-order valence-electron chi connectivity index (χ0n) is 15.6. The molecular formula is C17H30N6O2. The van der Waals surface area contributed by atoms with Crippen LogP contribution in [0.5, 0.6) is 0 Å². The predicted octanol–water partition coefficient (Wildman–Crippen LogP) is 1.09. The molecule has 1 aromatic heterocycles. The number of carbonyl (C=O) groups excluding carboxylic acids is 1. The highest BCUT2D eigenvalue weighted by atomic mass is 16.6. The molecule has 8 heteroatoms. The third kappa shape index (κ3) is 5.95. The highest BCUT2D eigenvalue weighted by molar-refractivity contribution is 5.80. The number of aliphatic imine (C=N–C) groups is 1. The summed E-state index contributed by atoms with van der Waals surface area (Å²) in [6, 6.07) is 0. The number of hydrogen-bond donors (Lipinski definition) is 1. The molecule has 1 aliphatic heterocycles. The fourth-order valence-corrected chi connectivity index (χ4v) is 2.81. The van der Waals surface area contributed by atoms with E-state index in [0.29, 0.717) is 19.7 Å². The summed E-state index contributed by atoms with van der Waals surface area (Å²) in [5.41, 5.74) is 1.24. The number of aromatic nitrogens is 2. The smallest absolute Gasteiger partial charge is 0.409 e. The van der Waals surface area contributed by atoms with Gasteiger partial charge in [-0.1, -0.05) is 0 Å². The molecule has 0 saturated carbocycles. The zero-order valence-corrected chi connectivity index (χ0v) is 15.6. The lowest BCUT2D eigenvalue weighted by molar-refractivity contribution is 0.0914. The first-order chi connectivity index (χ1) is 12.1. The van der Waals surface area contributed by atoms with Crippen LogP contribution in [0, 0.1) is 0 Å². The summed E-state index contributed by atoms with van der Waals surface area (Å²) in [6.07, 6.45) is 5.70. The van der Waals surface area contributed by atoms with E-state index in [-0.39, 0.29) is 6.09 Å². The highest BCUT2D eigenvalue weighted by Gasteiger charge is 2.23. The molecule has 1 aliphatic rings. The van der Waals surface area contributed by atoms with Gasteiger partial charge in [-0.2, -0.15) is 5.10 Å². The van der Waals surface area contributed by atoms with Gasteiger partial charge in [0.15, 0.2) is 5.96 Å². The Balaban J connectivity index is 1.80. The summed E-state index contributed by atoms with van der Waals surface area (Å²) >= 11 is 0. The Morgan fingerprint density at radius 2 is 2.00 bits per heavy atom. The van der Waals surface area contributed by atoms with Crippen molar-refractivity contribution in [3.63, 3.8) is 0 Å². The molecule has 1 saturated heterocycles. The Hall–Kier alpha value is -2.25. The van der Waals surface area contributed by atoms with Crippen molar-refractivity contribution in [1.29, 1.82) is 0 Å². The molecule has 0 radical (unpaired) electrons. The van der Waals surface area contributed by atoms with Crippen LogP contribution < -0.4 is 5.32 Å². The monoisotopic (exact) mass is 350 g/mol. The second-order valence-corrected chi connectivity index (χ2v) is 6.03. The first-order valence-corrected chi connectivity index (χ1v) is 9.06. The molecule has 25 heavy (non-hydrogen) atoms. The Kier molecular flexibility index (Phi) is 7.56. The molecule has 8 nitrogen and oxygen atoms in total. The quantitative estimate of drug-likeness (QED) is 0.472. The summed E-state index contributed by atoms with van der Waals surface area (Å²) in [5.74, 6) is 0.928. The van der Waals surface area contributed by atoms with Crippen molar-refractivity contribution in [3.8, 4) is 0 Å². The normalized spacial score (nSPS) is 15.4. The number of guanidine groups is 1. The molecule has 140 valence electrons. The van der Waals surface area contributed by atoms with Crippen LogP contribution in [0.1, 0.15) is 25.8 Å². The van der Waals surface area contributed by atoms with Gasteiger partial charge in [-0.05, 0) is 32.3 Å². The van der Waals surface area contributed by atoms with Crippen molar-refractivity contribution in [2.45, 2.75) is 26.7 Å². The number of nitrogens with zero attached hydrogens (tertiary/aromatic N) is 5. The van der Waals surface area contributed by atoms with Crippen LogP contribution in [0.2, 0.25) is 0 Å². The summed E-state index contributed by atoms with van der Waals surface area (Å²) < 4.78 is 6.89. The largest absolute Gasteiger partial charge is 0.450 e. The van der Waals surface area contributed by atoms with E-state index in [1.54, 1.807) is 4.90 Å². The second kappa shape index (κ2) is 9.90. The third-order valence-electron chi connectivity index (χ3n) is 4.08. The third-order valence-corrected chi connectivity index (χ3v) is 4.08. The summed E-state index contributed by atoms with van der Waals surface area (Å²) in [4.78, 5) is 20.5. The molecule has 1 fully saturated rings. The van der Waals surface area contributed by atoms with E-state index in [2.05, 4.69) is 22.2 Å². The zero-order chi connectivity index (χ0) is 18.1. The molecule has 0 aliphatic carbocycles. The Morgan fingerprint density at radius 1 is 1.28 bits per heavy atom. The van der Waals surface area contributed by atoms with Gasteiger partial charge in [0.25, 0.3) is 0 Å². The maximum Gasteiger partial charge on any atom is 0.409 e. The highest BCUT2D eigenvalue weighted by Crippen LogP contribution is 2.05. The average molecular weight is 350 g/mol. The molecule has 2 rings (SSSR count). The van der Waals surface area contributed by atoms with E-state index in [4.69, 9.17) is 9.73 Å². The standard InChI is InChI=1S/C17H30N6O2/c1-4-18-16(19-8-6-7-15-13-20-21(3)14-15)22-9-11-23(12-10-22)17(24)25-5-2/h13-14H,4-12H2,1-3H3,(H,18,19). The van der Waals surface area contributed by atoms with Gasteiger partial charge >= 0.3 is 6.09 Å². The predicted molar refractivity (Wildman–Crippen MR) is 97.7 cm³/mol. The maximum atomic E-state index is 11.8. The first kappa shape index (κ1) is 19.1. The fraction of sp³-hybridized carbons (Fsp3) is 0.706. The summed E-state index contributed by atoms with van der Waals surface area (Å²) in [7, 11) is 1.93. The number of amides is 1. The van der Waals surface area contributed by atoms with Crippen LogP contribution in [0.3, 0.4) is 0 Å². The van der Waals surface area contributed by atoms with Crippen LogP contribution in [0.15, 0.2) is 17.4 Å². The van der Waals surface area contributed by atoms with Crippen LogP contribution >= 0.6 is 0 Å². The molecule has 2 heterocycles. The van der Waals surface area contributed by atoms with Gasteiger partial charge in [0.2, 0.25) is 0 Å². The van der Waals surface area contributed by atoms with Crippen molar-refractivity contribution in [3.05, 3.63) is 18.0 Å². The minimum absolute atomic E-state index is 0.222. The SMILES string of the molecule is CCNC(=NCCCc1cnn(C)c1)N1CCN(C(=O)OCC)CC1. The molecular weight excluding hydrogens is 320 g/mol. The molecule has 0 spiro atoms. The number of carbonyl (C=O) groups is 1. The minimum Gasteiger partial charge on any atom is -0.450 e. The summed E-state index contributed by atoms with van der Waals surface area (Å²) in [5, 5.41) is 7.53. The molecule has 0 bridgehead atoms. The Labute approximate surface area is 149 Å². The van der Waals surface area contributed by atoms with E-state index < -0.39 is 0 Å². The number of ether oxygens (including phenoxy) is 1. The van der Waals surface area contributed by atoms with Gasteiger partial charge in [0.05, 0.1) is 12.8 Å². The average Bonchev–Trinajstić information content (AvgIpc) is 3.03. The molecule has 0 atom stereocenters. The number of hydrogen-bond acceptors (Lipinski definition) is 4. The van der Waals surface area contributed by atoms with Crippen LogP contribution in [-0.2, 0) is 18.2 Å². The number of aryl methyl sites for hydroxylation is 2. The van der Waals surface area contributed by atoms with Crippen molar-refractivity contribution >= 4 is 12.1 Å². The van der Waals surface area contributed by atoms with E-state index in [0.717, 1.165) is 45.0 Å². The maximum absolute atomic E-state index is 11.8. The molecule has 1 aromatic rings. The Bertz CT molecular complexity index is 563. The van der Waals surface area contributed by atoms with Gasteiger partial charge in [-0.15, -0.1) is 0 Å². The molecule has 1 amide bonds. The van der Waals surface area contributed by atoms with Crippen molar-refractivity contribution in [2.75, 3.05) is 45.9 Å². The summed E-state index contributed by atoms with van der Waals surface area (Å²) in [6.45, 7) is 8.79. The van der Waals surface area contributed by atoms with Gasteiger partial charge in [0, 0.05) is 52.5 Å². The Morgan fingerprint density at radius 3 is 2.60 bits per heavy atom. The van der Waals surface area contributed by atoms with Gasteiger partial charge < -0.3 is 19.9 Å². The van der Waals surface area contributed by atoms with Crippen molar-refractivity contribution in [1.82, 2.24) is 24.9 Å². The van der Waals surface area contributed by atoms with Crippen LogP contribution in [0.25, 0.3) is 0 Å². The lowest BCUT2D eigenvalue weighted by atomic mass is 10.2. The number of nitrogens with one attached hydrogen (secondary N) is 1. The molecule has 1 N–H and O–H groups in total. The molecule has 0 unspecified atom stereocenters. The number of piperazine rings is 1. The van der Waals surface area contributed by atoms with Crippen LogP contribution in [-0.4, -0.2) is 77.5 Å². The topological polar surface area (TPSA) is 75.0 Å². The first-order valence-electron chi connectivity index (χ1n) is 9.06. The van der Waals surface area contributed by atoms with Gasteiger partial charge in [-0.25, -0.2) is 4.79 Å². The molecule has 0 aromatic carbocycles. The van der Waals surface area contributed by atoms with Gasteiger partial charge in [0.1, 0.15) is 0 Å². The van der Waals surface area contributed by atoms with E-state index >= 15 is 0 Å². The lowest BCUT2D eigenvalue weighted by Gasteiger charge is -2.35. The van der Waals surface area contributed by atoms with E-state index in [1.165, 1.54) is 5.56 Å². The second-order valence-electron chi connectivity index (χ2n) is 6.03. The van der Waals surface area contributed by atoms with E-state index in [1.807, 2.05) is 31.0 Å². The van der Waals surface area contributed by atoms with Gasteiger partial charge in [-0.3, -0.25) is 9.67 Å². The van der Waals surface area contributed by atoms with Crippen LogP contribution in [0.4, 0.5) is 4.79 Å².